The molecule has 3 aromatic rings. The molecule has 34 heavy (non-hydrogen) atoms. The molecule has 3 heterocycles. The van der Waals surface area contributed by atoms with Crippen LogP contribution in [0, 0.1) is 0 Å². The summed E-state index contributed by atoms with van der Waals surface area (Å²) >= 11 is 2.94. The molecule has 0 unspecified atom stereocenters. The van der Waals surface area contributed by atoms with Crippen molar-refractivity contribution in [3.05, 3.63) is 45.1 Å². The van der Waals surface area contributed by atoms with Crippen LogP contribution in [0.2, 0.25) is 0 Å². The molecule has 1 aliphatic heterocycles. The summed E-state index contributed by atoms with van der Waals surface area (Å²) in [6.07, 6.45) is 6.72. The first kappa shape index (κ1) is 23.4. The molecule has 1 saturated heterocycles. The maximum atomic E-state index is 13.4. The number of aromatic nitrogens is 2. The minimum Gasteiger partial charge on any atom is -0.383 e. The van der Waals surface area contributed by atoms with Crippen LogP contribution in [0.4, 0.5) is 11.4 Å². The molecule has 2 aliphatic rings. The molecule has 0 bridgehead atoms. The number of aryl methyl sites for hydroxylation is 2. The normalized spacial score (nSPS) is 15.6. The predicted molar refractivity (Wildman–Crippen MR) is 140 cm³/mol. The number of thiophene rings is 1. The van der Waals surface area contributed by atoms with Crippen molar-refractivity contribution in [2.24, 2.45) is 0 Å². The first-order valence-electron chi connectivity index (χ1n) is 12.0. The summed E-state index contributed by atoms with van der Waals surface area (Å²) in [6.45, 7) is 3.03. The van der Waals surface area contributed by atoms with Crippen molar-refractivity contribution in [2.45, 2.75) is 50.2 Å². The summed E-state index contributed by atoms with van der Waals surface area (Å²) < 4.78 is 6.91. The van der Waals surface area contributed by atoms with Gasteiger partial charge in [-0.25, -0.2) is 4.98 Å². The maximum Gasteiger partial charge on any atom is 0.263 e. The highest BCUT2D eigenvalue weighted by atomic mass is 32.2. The van der Waals surface area contributed by atoms with Crippen LogP contribution in [-0.2, 0) is 28.9 Å². The Morgan fingerprint density at radius 1 is 1.15 bits per heavy atom. The molecule has 1 N–H and O–H groups in total. The van der Waals surface area contributed by atoms with Crippen LogP contribution in [0.5, 0.6) is 0 Å². The number of amides is 1. The van der Waals surface area contributed by atoms with E-state index in [2.05, 4.69) is 22.3 Å². The van der Waals surface area contributed by atoms with Gasteiger partial charge in [0.2, 0.25) is 5.91 Å². The fourth-order valence-corrected chi connectivity index (χ4v) is 6.90. The van der Waals surface area contributed by atoms with E-state index in [-0.39, 0.29) is 17.2 Å². The lowest BCUT2D eigenvalue weighted by Gasteiger charge is -2.17. The molecule has 7 nitrogen and oxygen atoms in total. The van der Waals surface area contributed by atoms with E-state index in [0.29, 0.717) is 18.3 Å². The third kappa shape index (κ3) is 4.87. The fourth-order valence-electron chi connectivity index (χ4n) is 4.77. The Bertz CT molecular complexity index is 1230. The van der Waals surface area contributed by atoms with Crippen molar-refractivity contribution in [1.29, 1.82) is 0 Å². The molecule has 5 rings (SSSR count). The molecule has 1 amide bonds. The second-order valence-electron chi connectivity index (χ2n) is 8.81. The van der Waals surface area contributed by atoms with Gasteiger partial charge in [0, 0.05) is 36.5 Å². The van der Waals surface area contributed by atoms with Gasteiger partial charge in [0.05, 0.1) is 24.3 Å². The second kappa shape index (κ2) is 10.5. The van der Waals surface area contributed by atoms with Crippen LogP contribution < -0.4 is 15.8 Å². The van der Waals surface area contributed by atoms with Crippen molar-refractivity contribution < 1.29 is 9.53 Å². The Balaban J connectivity index is 1.31. The molecular formula is C25H30N4O3S2. The van der Waals surface area contributed by atoms with Gasteiger partial charge in [-0.2, -0.15) is 0 Å². The number of carbonyl (C=O) groups excluding carboxylic acids is 1. The minimum absolute atomic E-state index is 0.0122. The van der Waals surface area contributed by atoms with Crippen LogP contribution in [-0.4, -0.2) is 48.0 Å². The zero-order valence-electron chi connectivity index (χ0n) is 19.5. The second-order valence-corrected chi connectivity index (χ2v) is 10.8. The zero-order valence-corrected chi connectivity index (χ0v) is 21.1. The highest BCUT2D eigenvalue weighted by molar-refractivity contribution is 7.99. The quantitative estimate of drug-likeness (QED) is 0.368. The first-order valence-corrected chi connectivity index (χ1v) is 13.8. The van der Waals surface area contributed by atoms with E-state index in [1.807, 2.05) is 12.1 Å². The lowest BCUT2D eigenvalue weighted by Crippen LogP contribution is -2.26. The number of nitrogens with zero attached hydrogens (tertiary/aromatic N) is 3. The highest BCUT2D eigenvalue weighted by Crippen LogP contribution is 2.34. The molecule has 1 aliphatic carbocycles. The third-order valence-corrected chi connectivity index (χ3v) is 8.68. The summed E-state index contributed by atoms with van der Waals surface area (Å²) in [6, 6.07) is 8.02. The van der Waals surface area contributed by atoms with Gasteiger partial charge >= 0.3 is 0 Å². The van der Waals surface area contributed by atoms with Crippen molar-refractivity contribution >= 4 is 50.6 Å². The molecule has 0 spiro atoms. The number of rotatable bonds is 8. The van der Waals surface area contributed by atoms with E-state index >= 15 is 0 Å². The van der Waals surface area contributed by atoms with Crippen molar-refractivity contribution in [3.8, 4) is 0 Å². The van der Waals surface area contributed by atoms with Gasteiger partial charge in [0.15, 0.2) is 5.16 Å². The van der Waals surface area contributed by atoms with Gasteiger partial charge in [-0.1, -0.05) is 11.8 Å². The van der Waals surface area contributed by atoms with E-state index in [0.717, 1.165) is 48.3 Å². The molecule has 1 aromatic carbocycles. The summed E-state index contributed by atoms with van der Waals surface area (Å²) in [5, 5.41) is 4.31. The van der Waals surface area contributed by atoms with Crippen molar-refractivity contribution in [2.75, 3.05) is 42.8 Å². The average molecular weight is 499 g/mol. The topological polar surface area (TPSA) is 76.5 Å². The van der Waals surface area contributed by atoms with Gasteiger partial charge in [0.25, 0.3) is 5.56 Å². The number of anilines is 2. The number of ether oxygens (including phenoxy) is 1. The fraction of sp³-hybridized carbons (Fsp3) is 0.480. The molecule has 9 heteroatoms. The van der Waals surface area contributed by atoms with Crippen LogP contribution in [0.15, 0.2) is 34.2 Å². The van der Waals surface area contributed by atoms with Crippen LogP contribution in [0.1, 0.15) is 36.1 Å². The Labute approximate surface area is 207 Å². The van der Waals surface area contributed by atoms with Gasteiger partial charge in [-0.05, 0) is 68.4 Å². The van der Waals surface area contributed by atoms with Crippen molar-refractivity contribution in [3.63, 3.8) is 0 Å². The third-order valence-electron chi connectivity index (χ3n) is 6.51. The van der Waals surface area contributed by atoms with Crippen molar-refractivity contribution in [1.82, 2.24) is 9.55 Å². The monoisotopic (exact) mass is 498 g/mol. The standard InChI is InChI=1S/C25H30N4O3S2/c1-32-15-14-29-24(31)22-19-6-2-3-7-20(19)34-23(22)27-25(29)33-16-21(30)26-17-8-10-18(11-9-17)28-12-4-5-13-28/h8-11H,2-7,12-16H2,1H3,(H,26,30). The minimum atomic E-state index is -0.114. The number of carbonyl (C=O) groups is 1. The Hall–Kier alpha value is -2.36. The van der Waals surface area contributed by atoms with E-state index < -0.39 is 0 Å². The Morgan fingerprint density at radius 2 is 1.91 bits per heavy atom. The highest BCUT2D eigenvalue weighted by Gasteiger charge is 2.22. The average Bonchev–Trinajstić information content (AvgIpc) is 3.51. The van der Waals surface area contributed by atoms with E-state index in [9.17, 15) is 9.59 Å². The molecule has 2 aromatic heterocycles. The largest absolute Gasteiger partial charge is 0.383 e. The molecule has 0 radical (unpaired) electrons. The summed E-state index contributed by atoms with van der Waals surface area (Å²) in [7, 11) is 1.62. The zero-order chi connectivity index (χ0) is 23.5. The van der Waals surface area contributed by atoms with E-state index in [1.165, 1.54) is 47.2 Å². The van der Waals surface area contributed by atoms with Crippen LogP contribution >= 0.6 is 23.1 Å². The van der Waals surface area contributed by atoms with Gasteiger partial charge in [0.1, 0.15) is 4.83 Å². The first-order chi connectivity index (χ1) is 16.6. The molecule has 180 valence electrons. The van der Waals surface area contributed by atoms with E-state index in [4.69, 9.17) is 9.72 Å². The molecule has 0 atom stereocenters. The predicted octanol–water partition coefficient (Wildman–Crippen LogP) is 4.31. The summed E-state index contributed by atoms with van der Waals surface area (Å²) in [5.74, 6) is 0.0706. The summed E-state index contributed by atoms with van der Waals surface area (Å²) in [4.78, 5) is 35.4. The van der Waals surface area contributed by atoms with Crippen LogP contribution in [0.25, 0.3) is 10.2 Å². The van der Waals surface area contributed by atoms with Gasteiger partial charge in [-0.3, -0.25) is 14.2 Å². The number of benzene rings is 1. The van der Waals surface area contributed by atoms with Crippen LogP contribution in [0.3, 0.4) is 0 Å². The number of thioether (sulfide) groups is 1. The molecule has 0 saturated carbocycles. The smallest absolute Gasteiger partial charge is 0.263 e. The molecule has 1 fully saturated rings. The molecular weight excluding hydrogens is 468 g/mol. The number of hydrogen-bond donors (Lipinski definition) is 1. The number of nitrogens with one attached hydrogen (secondary N) is 1. The number of methoxy groups -OCH3 is 1. The Morgan fingerprint density at radius 3 is 2.68 bits per heavy atom. The summed E-state index contributed by atoms with van der Waals surface area (Å²) in [5.41, 5.74) is 3.14. The number of hydrogen-bond acceptors (Lipinski definition) is 7. The van der Waals surface area contributed by atoms with E-state index in [1.54, 1.807) is 23.0 Å². The lowest BCUT2D eigenvalue weighted by atomic mass is 9.97. The SMILES string of the molecule is COCCn1c(SCC(=O)Nc2ccc(N3CCCC3)cc2)nc2sc3c(c2c1=O)CCCC3. The van der Waals surface area contributed by atoms with Gasteiger partial charge in [-0.15, -0.1) is 11.3 Å². The number of fused-ring (bicyclic) bond motifs is 3. The van der Waals surface area contributed by atoms with Gasteiger partial charge < -0.3 is 15.0 Å². The Kier molecular flexibility index (Phi) is 7.22. The maximum absolute atomic E-state index is 13.4. The lowest BCUT2D eigenvalue weighted by molar-refractivity contribution is -0.113.